The Balaban J connectivity index is 1.90. The number of hydrogen-bond donors (Lipinski definition) is 2. The van der Waals surface area contributed by atoms with Crippen LogP contribution >= 0.6 is 0 Å². The van der Waals surface area contributed by atoms with E-state index in [0.717, 1.165) is 18.5 Å². The third-order valence-electron chi connectivity index (χ3n) is 6.93. The van der Waals surface area contributed by atoms with Gasteiger partial charge in [0.1, 0.15) is 0 Å². The predicted octanol–water partition coefficient (Wildman–Crippen LogP) is 9.98. The number of rotatable bonds is 22. The van der Waals surface area contributed by atoms with Gasteiger partial charge in [0.2, 0.25) is 5.91 Å². The molecule has 4 heteroatoms. The zero-order chi connectivity index (χ0) is 27.2. The van der Waals surface area contributed by atoms with Crippen LogP contribution < -0.4 is 10.6 Å². The van der Waals surface area contributed by atoms with E-state index in [4.69, 9.17) is 0 Å². The fourth-order valence-corrected chi connectivity index (χ4v) is 4.71. The van der Waals surface area contributed by atoms with Gasteiger partial charge in [0.05, 0.1) is 0 Å². The van der Waals surface area contributed by atoms with Crippen molar-refractivity contribution in [3.8, 4) is 0 Å². The van der Waals surface area contributed by atoms with E-state index in [0.29, 0.717) is 12.0 Å². The largest absolute Gasteiger partial charge is 0.347 e. The minimum absolute atomic E-state index is 0.0545. The lowest BCUT2D eigenvalue weighted by molar-refractivity contribution is -0.116. The lowest BCUT2D eigenvalue weighted by atomic mass is 10.0. The molecule has 2 amide bonds. The Morgan fingerprint density at radius 3 is 1.35 bits per heavy atom. The van der Waals surface area contributed by atoms with Crippen molar-refractivity contribution in [1.29, 1.82) is 0 Å². The van der Waals surface area contributed by atoms with Gasteiger partial charge in [0, 0.05) is 23.2 Å². The van der Waals surface area contributed by atoms with E-state index in [1.165, 1.54) is 109 Å². The summed E-state index contributed by atoms with van der Waals surface area (Å²) in [5.74, 6) is -0.0432. The van der Waals surface area contributed by atoms with Crippen LogP contribution in [-0.2, 0) is 4.79 Å². The summed E-state index contributed by atoms with van der Waals surface area (Å²) in [7, 11) is 0. The fourth-order valence-electron chi connectivity index (χ4n) is 4.71. The number of unbranched alkanes of at least 4 members (excludes halogenated alkanes) is 18. The van der Waals surface area contributed by atoms with Gasteiger partial charge >= 0.3 is 0 Å². The molecule has 0 aliphatic rings. The minimum Gasteiger partial charge on any atom is -0.347 e. The van der Waals surface area contributed by atoms with Gasteiger partial charge in [0.15, 0.2) is 0 Å². The molecule has 0 unspecified atom stereocenters. The zero-order valence-corrected chi connectivity index (χ0v) is 24.8. The first-order valence-electron chi connectivity index (χ1n) is 15.5. The smallest absolute Gasteiger partial charge is 0.251 e. The summed E-state index contributed by atoms with van der Waals surface area (Å²) < 4.78 is 0. The van der Waals surface area contributed by atoms with Gasteiger partial charge in [-0.3, -0.25) is 9.59 Å². The first kappa shape index (κ1) is 33.2. The van der Waals surface area contributed by atoms with Crippen molar-refractivity contribution >= 4 is 17.5 Å². The van der Waals surface area contributed by atoms with Crippen LogP contribution in [0.1, 0.15) is 166 Å². The maximum atomic E-state index is 12.2. The molecular formula is C33H58N2O2. The van der Waals surface area contributed by atoms with Gasteiger partial charge in [-0.05, 0) is 51.5 Å². The molecule has 0 fully saturated rings. The van der Waals surface area contributed by atoms with Crippen LogP contribution in [0.5, 0.6) is 0 Å². The summed E-state index contributed by atoms with van der Waals surface area (Å²) in [6.07, 6.45) is 26.3. The van der Waals surface area contributed by atoms with E-state index in [1.54, 1.807) is 24.3 Å². The van der Waals surface area contributed by atoms with Crippen molar-refractivity contribution in [3.63, 3.8) is 0 Å². The number of anilines is 1. The summed E-state index contributed by atoms with van der Waals surface area (Å²) in [5.41, 5.74) is 1.08. The molecule has 2 N–H and O–H groups in total. The molecule has 0 bridgehead atoms. The molecule has 1 rings (SSSR count). The SMILES string of the molecule is CCCCCCCCCCCCCCCCCCCCCC(=O)Nc1ccc(C(=O)NC(C)(C)C)cc1. The second-order valence-electron chi connectivity index (χ2n) is 11.9. The summed E-state index contributed by atoms with van der Waals surface area (Å²) in [4.78, 5) is 24.4. The predicted molar refractivity (Wildman–Crippen MR) is 160 cm³/mol. The highest BCUT2D eigenvalue weighted by Crippen LogP contribution is 2.16. The number of hydrogen-bond acceptors (Lipinski definition) is 2. The number of amides is 2. The molecule has 4 nitrogen and oxygen atoms in total. The van der Waals surface area contributed by atoms with Gasteiger partial charge in [0.25, 0.3) is 5.91 Å². The second-order valence-corrected chi connectivity index (χ2v) is 11.9. The zero-order valence-electron chi connectivity index (χ0n) is 24.8. The Labute approximate surface area is 229 Å². The highest BCUT2D eigenvalue weighted by Gasteiger charge is 2.15. The van der Waals surface area contributed by atoms with Crippen LogP contribution in [0.2, 0.25) is 0 Å². The highest BCUT2D eigenvalue weighted by molar-refractivity contribution is 5.96. The molecule has 0 radical (unpaired) electrons. The number of benzene rings is 1. The molecule has 1 aromatic rings. The molecule has 1 aromatic carbocycles. The second kappa shape index (κ2) is 21.1. The Bertz CT molecular complexity index is 706. The molecule has 0 spiro atoms. The standard InChI is InChI=1S/C33H58N2O2/c1-5-6-7-8-9-10-11-12-13-14-15-16-17-18-19-20-21-22-23-24-31(36)34-30-27-25-29(26-28-30)32(37)35-33(2,3)4/h25-28H,5-24H2,1-4H3,(H,34,36)(H,35,37). The van der Waals surface area contributed by atoms with E-state index in [1.807, 2.05) is 20.8 Å². The van der Waals surface area contributed by atoms with Crippen molar-refractivity contribution < 1.29 is 9.59 Å². The summed E-state index contributed by atoms with van der Waals surface area (Å²) in [6, 6.07) is 7.11. The van der Waals surface area contributed by atoms with Crippen molar-refractivity contribution in [2.75, 3.05) is 5.32 Å². The topological polar surface area (TPSA) is 58.2 Å². The lowest BCUT2D eigenvalue weighted by Gasteiger charge is -2.20. The molecule has 0 saturated heterocycles. The first-order valence-corrected chi connectivity index (χ1v) is 15.5. The van der Waals surface area contributed by atoms with Crippen LogP contribution in [-0.4, -0.2) is 17.4 Å². The maximum Gasteiger partial charge on any atom is 0.251 e. The first-order chi connectivity index (χ1) is 17.8. The maximum absolute atomic E-state index is 12.2. The minimum atomic E-state index is -0.268. The molecule has 0 aliphatic carbocycles. The van der Waals surface area contributed by atoms with Gasteiger partial charge in [-0.15, -0.1) is 0 Å². The van der Waals surface area contributed by atoms with E-state index < -0.39 is 0 Å². The van der Waals surface area contributed by atoms with Crippen LogP contribution in [0.4, 0.5) is 5.69 Å². The monoisotopic (exact) mass is 514 g/mol. The third kappa shape index (κ3) is 19.9. The highest BCUT2D eigenvalue weighted by atomic mass is 16.2. The molecule has 0 heterocycles. The summed E-state index contributed by atoms with van der Waals surface area (Å²) >= 11 is 0. The van der Waals surface area contributed by atoms with Crippen molar-refractivity contribution in [2.45, 2.75) is 162 Å². The van der Waals surface area contributed by atoms with E-state index in [-0.39, 0.29) is 17.4 Å². The number of carbonyl (C=O) groups excluding carboxylic acids is 2. The van der Waals surface area contributed by atoms with Crippen LogP contribution in [0, 0.1) is 0 Å². The number of carbonyl (C=O) groups is 2. The third-order valence-corrected chi connectivity index (χ3v) is 6.93. The van der Waals surface area contributed by atoms with Crippen LogP contribution in [0.25, 0.3) is 0 Å². The lowest BCUT2D eigenvalue weighted by Crippen LogP contribution is -2.40. The summed E-state index contributed by atoms with van der Waals surface area (Å²) in [6.45, 7) is 8.16. The quantitative estimate of drug-likeness (QED) is 0.151. The van der Waals surface area contributed by atoms with Crippen LogP contribution in [0.3, 0.4) is 0 Å². The fraction of sp³-hybridized carbons (Fsp3) is 0.758. The number of nitrogens with one attached hydrogen (secondary N) is 2. The van der Waals surface area contributed by atoms with Crippen molar-refractivity contribution in [1.82, 2.24) is 5.32 Å². The molecule has 37 heavy (non-hydrogen) atoms. The van der Waals surface area contributed by atoms with Gasteiger partial charge in [-0.25, -0.2) is 0 Å². The van der Waals surface area contributed by atoms with E-state index >= 15 is 0 Å². The molecule has 0 saturated carbocycles. The normalized spacial score (nSPS) is 11.5. The molecule has 212 valence electrons. The van der Waals surface area contributed by atoms with Crippen molar-refractivity contribution in [2.24, 2.45) is 0 Å². The van der Waals surface area contributed by atoms with E-state index in [9.17, 15) is 9.59 Å². The Hall–Kier alpha value is -1.84. The van der Waals surface area contributed by atoms with Gasteiger partial charge < -0.3 is 10.6 Å². The van der Waals surface area contributed by atoms with Gasteiger partial charge in [-0.2, -0.15) is 0 Å². The van der Waals surface area contributed by atoms with Crippen LogP contribution in [0.15, 0.2) is 24.3 Å². The Morgan fingerprint density at radius 2 is 0.973 bits per heavy atom. The molecule has 0 atom stereocenters. The van der Waals surface area contributed by atoms with Gasteiger partial charge in [-0.1, -0.05) is 122 Å². The molecule has 0 aliphatic heterocycles. The Kier molecular flexibility index (Phi) is 19.0. The Morgan fingerprint density at radius 1 is 0.595 bits per heavy atom. The molecular weight excluding hydrogens is 456 g/mol. The van der Waals surface area contributed by atoms with E-state index in [2.05, 4.69) is 17.6 Å². The van der Waals surface area contributed by atoms with Crippen molar-refractivity contribution in [3.05, 3.63) is 29.8 Å². The molecule has 0 aromatic heterocycles. The summed E-state index contributed by atoms with van der Waals surface area (Å²) in [5, 5.41) is 5.89. The average Bonchev–Trinajstić information content (AvgIpc) is 2.85. The average molecular weight is 515 g/mol.